The number of tetrazole rings is 1. The lowest BCUT2D eigenvalue weighted by Gasteiger charge is -2.00. The Labute approximate surface area is 136 Å². The monoisotopic (exact) mass is 326 g/mol. The van der Waals surface area contributed by atoms with Crippen LogP contribution in [-0.2, 0) is 18.3 Å². The summed E-state index contributed by atoms with van der Waals surface area (Å²) in [4.78, 5) is 14.0. The van der Waals surface area contributed by atoms with Gasteiger partial charge in [-0.05, 0) is 22.9 Å². The Kier molecular flexibility index (Phi) is 4.29. The molecule has 0 aliphatic carbocycles. The summed E-state index contributed by atoms with van der Waals surface area (Å²) in [7, 11) is 1.71. The Morgan fingerprint density at radius 2 is 2.13 bits per heavy atom. The van der Waals surface area contributed by atoms with Gasteiger partial charge in [0.05, 0.1) is 7.05 Å². The molecule has 0 bridgehead atoms. The van der Waals surface area contributed by atoms with Gasteiger partial charge in [-0.1, -0.05) is 30.3 Å². The largest absolute Gasteiger partial charge is 0.478 e. The van der Waals surface area contributed by atoms with Crippen LogP contribution in [0.3, 0.4) is 0 Å². The van der Waals surface area contributed by atoms with E-state index in [-0.39, 0.29) is 0 Å². The van der Waals surface area contributed by atoms with Gasteiger partial charge in [0.1, 0.15) is 0 Å². The molecule has 1 aromatic carbocycles. The maximum absolute atomic E-state index is 10.7. The second-order valence-electron chi connectivity index (χ2n) is 4.92. The van der Waals surface area contributed by atoms with Gasteiger partial charge in [0.2, 0.25) is 5.82 Å². The molecule has 7 heteroatoms. The summed E-state index contributed by atoms with van der Waals surface area (Å²) in [6, 6.07) is 12.0. The van der Waals surface area contributed by atoms with Crippen LogP contribution in [0.25, 0.3) is 17.5 Å². The summed E-state index contributed by atoms with van der Waals surface area (Å²) in [6.45, 7) is 0. The lowest BCUT2D eigenvalue weighted by Crippen LogP contribution is -1.92. The second-order valence-corrected chi connectivity index (χ2v) is 6.09. The van der Waals surface area contributed by atoms with Gasteiger partial charge < -0.3 is 5.11 Å². The fraction of sp³-hybridized carbons (Fsp3) is 0.125. The first-order chi connectivity index (χ1) is 11.1. The summed E-state index contributed by atoms with van der Waals surface area (Å²) >= 11 is 1.53. The van der Waals surface area contributed by atoms with Crippen LogP contribution in [0.5, 0.6) is 0 Å². The van der Waals surface area contributed by atoms with Crippen molar-refractivity contribution >= 4 is 23.4 Å². The molecular weight excluding hydrogens is 312 g/mol. The van der Waals surface area contributed by atoms with Gasteiger partial charge in [-0.15, -0.1) is 21.5 Å². The van der Waals surface area contributed by atoms with E-state index in [0.29, 0.717) is 5.82 Å². The number of aliphatic carboxylic acids is 1. The van der Waals surface area contributed by atoms with Crippen molar-refractivity contribution in [2.24, 2.45) is 7.05 Å². The zero-order valence-electron chi connectivity index (χ0n) is 12.4. The number of hydrogen-bond donors (Lipinski definition) is 1. The predicted octanol–water partition coefficient (Wildman–Crippen LogP) is 2.63. The lowest BCUT2D eigenvalue weighted by atomic mass is 10.1. The van der Waals surface area contributed by atoms with Crippen molar-refractivity contribution in [3.8, 4) is 11.4 Å². The molecule has 0 amide bonds. The summed E-state index contributed by atoms with van der Waals surface area (Å²) in [6.07, 6.45) is 3.45. The molecule has 3 aromatic rings. The average molecular weight is 326 g/mol. The Morgan fingerprint density at radius 1 is 1.35 bits per heavy atom. The zero-order valence-corrected chi connectivity index (χ0v) is 13.2. The molecule has 23 heavy (non-hydrogen) atoms. The van der Waals surface area contributed by atoms with Gasteiger partial charge >= 0.3 is 5.97 Å². The molecule has 2 heterocycles. The molecule has 1 N–H and O–H groups in total. The van der Waals surface area contributed by atoms with E-state index in [1.54, 1.807) is 13.1 Å². The molecule has 0 aliphatic heterocycles. The third kappa shape index (κ3) is 3.70. The number of hydrogen-bond acceptors (Lipinski definition) is 5. The first kappa shape index (κ1) is 15.1. The number of rotatable bonds is 5. The molecule has 0 saturated carbocycles. The molecule has 0 fully saturated rings. The van der Waals surface area contributed by atoms with Crippen molar-refractivity contribution < 1.29 is 9.90 Å². The highest BCUT2D eigenvalue weighted by Gasteiger charge is 2.15. The van der Waals surface area contributed by atoms with Crippen LogP contribution in [0.15, 0.2) is 42.5 Å². The normalized spacial score (nSPS) is 11.2. The van der Waals surface area contributed by atoms with Crippen molar-refractivity contribution in [2.75, 3.05) is 0 Å². The molecule has 0 aliphatic rings. The van der Waals surface area contributed by atoms with Gasteiger partial charge in [-0.2, -0.15) is 4.80 Å². The molecule has 0 spiro atoms. The van der Waals surface area contributed by atoms with Crippen LogP contribution in [0.1, 0.15) is 15.3 Å². The minimum absolute atomic E-state index is 0.546. The summed E-state index contributed by atoms with van der Waals surface area (Å²) in [5.74, 6) is -0.424. The number of carbonyl (C=O) groups is 1. The van der Waals surface area contributed by atoms with Crippen LogP contribution in [0.2, 0.25) is 0 Å². The van der Waals surface area contributed by atoms with Crippen molar-refractivity contribution in [1.29, 1.82) is 0 Å². The van der Waals surface area contributed by atoms with E-state index >= 15 is 0 Å². The van der Waals surface area contributed by atoms with E-state index in [4.69, 9.17) is 5.11 Å². The van der Waals surface area contributed by atoms with E-state index in [9.17, 15) is 4.79 Å². The van der Waals surface area contributed by atoms with E-state index in [1.165, 1.54) is 21.7 Å². The van der Waals surface area contributed by atoms with Crippen molar-refractivity contribution in [3.63, 3.8) is 0 Å². The first-order valence-corrected chi connectivity index (χ1v) is 7.75. The molecular formula is C16H14N4O2S. The van der Waals surface area contributed by atoms with Crippen LogP contribution in [0.4, 0.5) is 0 Å². The molecule has 116 valence electrons. The number of carboxylic acids is 1. The minimum Gasteiger partial charge on any atom is -0.478 e. The smallest absolute Gasteiger partial charge is 0.328 e. The molecule has 2 aromatic heterocycles. The Bertz CT molecular complexity index is 852. The maximum atomic E-state index is 10.7. The third-order valence-corrected chi connectivity index (χ3v) is 4.28. The number of carboxylic acid groups (broad SMARTS) is 1. The topological polar surface area (TPSA) is 80.9 Å². The Hall–Kier alpha value is -2.80. The second kappa shape index (κ2) is 6.53. The van der Waals surface area contributed by atoms with Gasteiger partial charge in [-0.3, -0.25) is 0 Å². The van der Waals surface area contributed by atoms with E-state index in [1.807, 2.05) is 24.3 Å². The third-order valence-electron chi connectivity index (χ3n) is 3.17. The minimum atomic E-state index is -0.970. The van der Waals surface area contributed by atoms with Crippen molar-refractivity contribution in [1.82, 2.24) is 20.2 Å². The van der Waals surface area contributed by atoms with E-state index in [2.05, 4.69) is 27.5 Å². The quantitative estimate of drug-likeness (QED) is 0.729. The SMILES string of the molecule is Cn1nnc(-c2cc(/C=C/C(=O)O)sc2Cc2ccccc2)n1. The Balaban J connectivity index is 1.99. The number of nitrogens with zero attached hydrogens (tertiary/aromatic N) is 4. The molecule has 0 atom stereocenters. The summed E-state index contributed by atoms with van der Waals surface area (Å²) < 4.78 is 0. The average Bonchev–Trinajstić information content (AvgIpc) is 3.12. The molecule has 3 rings (SSSR count). The zero-order chi connectivity index (χ0) is 16.2. The van der Waals surface area contributed by atoms with Crippen LogP contribution < -0.4 is 0 Å². The molecule has 0 unspecified atom stereocenters. The van der Waals surface area contributed by atoms with E-state index < -0.39 is 5.97 Å². The fourth-order valence-corrected chi connectivity index (χ4v) is 3.28. The van der Waals surface area contributed by atoms with Crippen LogP contribution in [0, 0.1) is 0 Å². The lowest BCUT2D eigenvalue weighted by molar-refractivity contribution is -0.131. The van der Waals surface area contributed by atoms with Gasteiger partial charge in [-0.25, -0.2) is 4.79 Å². The fourth-order valence-electron chi connectivity index (χ4n) is 2.18. The standard InChI is InChI=1S/C16H14N4O2S/c1-20-18-16(17-19-20)13-10-12(7-8-15(21)22)23-14(13)9-11-5-3-2-4-6-11/h2-8,10H,9H2,1H3,(H,21,22)/b8-7+. The number of benzene rings is 1. The van der Waals surface area contributed by atoms with E-state index in [0.717, 1.165) is 27.8 Å². The summed E-state index contributed by atoms with van der Waals surface area (Å²) in [5, 5.41) is 21.0. The summed E-state index contributed by atoms with van der Waals surface area (Å²) in [5.41, 5.74) is 2.06. The number of aromatic nitrogens is 4. The maximum Gasteiger partial charge on any atom is 0.328 e. The molecule has 6 nitrogen and oxygen atoms in total. The van der Waals surface area contributed by atoms with Gasteiger partial charge in [0.25, 0.3) is 0 Å². The predicted molar refractivity (Wildman–Crippen MR) is 88.0 cm³/mol. The highest BCUT2D eigenvalue weighted by Crippen LogP contribution is 2.32. The van der Waals surface area contributed by atoms with Crippen molar-refractivity contribution in [2.45, 2.75) is 6.42 Å². The van der Waals surface area contributed by atoms with Crippen LogP contribution >= 0.6 is 11.3 Å². The number of aryl methyl sites for hydroxylation is 1. The number of thiophene rings is 1. The highest BCUT2D eigenvalue weighted by molar-refractivity contribution is 7.13. The van der Waals surface area contributed by atoms with Gasteiger partial charge in [0, 0.05) is 27.8 Å². The van der Waals surface area contributed by atoms with Crippen LogP contribution in [-0.4, -0.2) is 31.3 Å². The molecule has 0 saturated heterocycles. The van der Waals surface area contributed by atoms with Crippen molar-refractivity contribution in [3.05, 3.63) is 57.8 Å². The highest BCUT2D eigenvalue weighted by atomic mass is 32.1. The molecule has 0 radical (unpaired) electrons. The van der Waals surface area contributed by atoms with Gasteiger partial charge in [0.15, 0.2) is 0 Å². The Morgan fingerprint density at radius 3 is 2.78 bits per heavy atom. The first-order valence-electron chi connectivity index (χ1n) is 6.94.